The van der Waals surface area contributed by atoms with Crippen LogP contribution in [-0.2, 0) is 9.84 Å². The highest BCUT2D eigenvalue weighted by atomic mass is 32.2. The Balaban J connectivity index is 3.56. The van der Waals surface area contributed by atoms with Crippen LogP contribution >= 0.6 is 11.3 Å². The number of carbonyl (C=O) groups excluding carboxylic acids is 1. The SMILES string of the molecule is CCC(=O)c1sc(N(C)CC)c(S(C)(=O)=O)c1N. The molecule has 0 amide bonds. The monoisotopic (exact) mass is 290 g/mol. The Kier molecular flexibility index (Phi) is 4.39. The Hall–Kier alpha value is -1.08. The smallest absolute Gasteiger partial charge is 0.180 e. The normalized spacial score (nSPS) is 11.6. The molecule has 18 heavy (non-hydrogen) atoms. The zero-order valence-corrected chi connectivity index (χ0v) is 12.6. The summed E-state index contributed by atoms with van der Waals surface area (Å²) in [6, 6.07) is 0. The second-order valence-corrected chi connectivity index (χ2v) is 6.99. The molecule has 1 aromatic rings. The van der Waals surface area contributed by atoms with Gasteiger partial charge < -0.3 is 10.6 Å². The van der Waals surface area contributed by atoms with Crippen molar-refractivity contribution in [1.82, 2.24) is 0 Å². The van der Waals surface area contributed by atoms with Gasteiger partial charge in [-0.05, 0) is 6.92 Å². The molecule has 7 heteroatoms. The molecule has 5 nitrogen and oxygen atoms in total. The van der Waals surface area contributed by atoms with Crippen LogP contribution in [0.5, 0.6) is 0 Å². The van der Waals surface area contributed by atoms with Crippen molar-refractivity contribution in [2.45, 2.75) is 25.2 Å². The van der Waals surface area contributed by atoms with Crippen LogP contribution in [0.15, 0.2) is 4.90 Å². The molecule has 0 saturated heterocycles. The Labute approximate surface area is 112 Å². The average Bonchev–Trinajstić information content (AvgIpc) is 2.64. The molecule has 1 aromatic heterocycles. The highest BCUT2D eigenvalue weighted by Gasteiger charge is 2.27. The predicted octanol–water partition coefficient (Wildman–Crippen LogP) is 1.78. The van der Waals surface area contributed by atoms with E-state index < -0.39 is 9.84 Å². The van der Waals surface area contributed by atoms with Crippen molar-refractivity contribution < 1.29 is 13.2 Å². The maximum Gasteiger partial charge on any atom is 0.180 e. The van der Waals surface area contributed by atoms with Crippen LogP contribution in [-0.4, -0.2) is 34.0 Å². The van der Waals surface area contributed by atoms with Crippen LogP contribution in [0, 0.1) is 0 Å². The lowest BCUT2D eigenvalue weighted by molar-refractivity contribution is 0.0992. The number of nitrogen functional groups attached to an aromatic ring is 1. The summed E-state index contributed by atoms with van der Waals surface area (Å²) >= 11 is 1.15. The van der Waals surface area contributed by atoms with E-state index in [1.165, 1.54) is 0 Å². The van der Waals surface area contributed by atoms with Gasteiger partial charge in [0, 0.05) is 26.3 Å². The molecule has 0 radical (unpaired) electrons. The van der Waals surface area contributed by atoms with Crippen LogP contribution in [0.25, 0.3) is 0 Å². The molecule has 1 heterocycles. The molecule has 102 valence electrons. The molecule has 0 aromatic carbocycles. The lowest BCUT2D eigenvalue weighted by Crippen LogP contribution is -2.17. The van der Waals surface area contributed by atoms with E-state index in [1.54, 1.807) is 18.9 Å². The third kappa shape index (κ3) is 2.67. The second kappa shape index (κ2) is 5.27. The molecule has 0 fully saturated rings. The van der Waals surface area contributed by atoms with E-state index in [9.17, 15) is 13.2 Å². The summed E-state index contributed by atoms with van der Waals surface area (Å²) in [5, 5.41) is 0.536. The molecule has 0 aliphatic heterocycles. The van der Waals surface area contributed by atoms with Crippen molar-refractivity contribution in [2.24, 2.45) is 0 Å². The molecular weight excluding hydrogens is 272 g/mol. The van der Waals surface area contributed by atoms with E-state index in [1.807, 2.05) is 6.92 Å². The van der Waals surface area contributed by atoms with E-state index in [4.69, 9.17) is 5.73 Å². The van der Waals surface area contributed by atoms with Crippen molar-refractivity contribution in [1.29, 1.82) is 0 Å². The first-order valence-electron chi connectivity index (χ1n) is 5.60. The first-order chi connectivity index (χ1) is 8.23. The Morgan fingerprint density at radius 3 is 2.33 bits per heavy atom. The maximum atomic E-state index is 11.8. The van der Waals surface area contributed by atoms with Gasteiger partial charge in [-0.1, -0.05) is 6.92 Å². The summed E-state index contributed by atoms with van der Waals surface area (Å²) in [5.74, 6) is -0.127. The highest BCUT2D eigenvalue weighted by molar-refractivity contribution is 7.91. The van der Waals surface area contributed by atoms with Crippen LogP contribution in [0.3, 0.4) is 0 Å². The van der Waals surface area contributed by atoms with Gasteiger partial charge in [-0.15, -0.1) is 11.3 Å². The molecule has 0 saturated carbocycles. The minimum Gasteiger partial charge on any atom is -0.396 e. The third-order valence-electron chi connectivity index (χ3n) is 2.65. The molecule has 0 spiro atoms. The second-order valence-electron chi connectivity index (χ2n) is 4.04. The number of anilines is 2. The number of nitrogens with zero attached hydrogens (tertiary/aromatic N) is 1. The molecule has 0 unspecified atom stereocenters. The van der Waals surface area contributed by atoms with Crippen molar-refractivity contribution in [2.75, 3.05) is 30.5 Å². The van der Waals surface area contributed by atoms with Gasteiger partial charge in [0.1, 0.15) is 9.90 Å². The van der Waals surface area contributed by atoms with Crippen molar-refractivity contribution in [3.63, 3.8) is 0 Å². The van der Waals surface area contributed by atoms with Gasteiger partial charge in [-0.2, -0.15) is 0 Å². The molecule has 0 aliphatic carbocycles. The summed E-state index contributed by atoms with van der Waals surface area (Å²) in [6.45, 7) is 4.27. The fourth-order valence-electron chi connectivity index (χ4n) is 1.54. The summed E-state index contributed by atoms with van der Waals surface area (Å²) in [4.78, 5) is 14.0. The van der Waals surface area contributed by atoms with Crippen LogP contribution in [0.4, 0.5) is 10.7 Å². The van der Waals surface area contributed by atoms with Crippen LogP contribution in [0.1, 0.15) is 29.9 Å². The lowest BCUT2D eigenvalue weighted by atomic mass is 10.2. The minimum absolute atomic E-state index is 0.0775. The molecule has 0 aliphatic rings. The summed E-state index contributed by atoms with van der Waals surface area (Å²) in [5.41, 5.74) is 5.93. The van der Waals surface area contributed by atoms with Crippen molar-refractivity contribution >= 4 is 37.6 Å². The van der Waals surface area contributed by atoms with Crippen molar-refractivity contribution in [3.05, 3.63) is 4.88 Å². The number of ketones is 1. The van der Waals surface area contributed by atoms with E-state index in [2.05, 4.69) is 0 Å². The standard InChI is InChI=1S/C11H18N2O3S2/c1-5-7(14)9-8(12)10(18(4,15)16)11(17-9)13(3)6-2/h5-6,12H2,1-4H3. The molecule has 0 bridgehead atoms. The van der Waals surface area contributed by atoms with Gasteiger partial charge >= 0.3 is 0 Å². The number of hydrogen-bond acceptors (Lipinski definition) is 6. The number of carbonyl (C=O) groups is 1. The van der Waals surface area contributed by atoms with Gasteiger partial charge in [0.2, 0.25) is 0 Å². The van der Waals surface area contributed by atoms with E-state index in [-0.39, 0.29) is 16.4 Å². The summed E-state index contributed by atoms with van der Waals surface area (Å²) < 4.78 is 23.6. The maximum absolute atomic E-state index is 11.8. The number of sulfone groups is 1. The largest absolute Gasteiger partial charge is 0.396 e. The zero-order valence-electron chi connectivity index (χ0n) is 11.0. The fourth-order valence-corrected chi connectivity index (χ4v) is 4.31. The topological polar surface area (TPSA) is 80.5 Å². The fraction of sp³-hybridized carbons (Fsp3) is 0.545. The summed E-state index contributed by atoms with van der Waals surface area (Å²) in [7, 11) is -1.67. The number of hydrogen-bond donors (Lipinski definition) is 1. The van der Waals surface area contributed by atoms with Crippen LogP contribution in [0.2, 0.25) is 0 Å². The number of rotatable bonds is 5. The zero-order chi connectivity index (χ0) is 14.1. The lowest BCUT2D eigenvalue weighted by Gasteiger charge is -2.15. The first-order valence-corrected chi connectivity index (χ1v) is 8.31. The van der Waals surface area contributed by atoms with Gasteiger partial charge in [-0.25, -0.2) is 8.42 Å². The van der Waals surface area contributed by atoms with Crippen molar-refractivity contribution in [3.8, 4) is 0 Å². The Morgan fingerprint density at radius 2 is 1.94 bits per heavy atom. The number of thiophene rings is 1. The van der Waals surface area contributed by atoms with E-state index >= 15 is 0 Å². The highest BCUT2D eigenvalue weighted by Crippen LogP contribution is 2.41. The van der Waals surface area contributed by atoms with Gasteiger partial charge in [0.15, 0.2) is 15.6 Å². The minimum atomic E-state index is -3.45. The predicted molar refractivity (Wildman–Crippen MR) is 75.4 cm³/mol. The molecule has 0 atom stereocenters. The number of nitrogens with two attached hydrogens (primary N) is 1. The average molecular weight is 290 g/mol. The van der Waals surface area contributed by atoms with Gasteiger partial charge in [-0.3, -0.25) is 4.79 Å². The van der Waals surface area contributed by atoms with E-state index in [0.717, 1.165) is 17.6 Å². The van der Waals surface area contributed by atoms with Gasteiger partial charge in [0.25, 0.3) is 0 Å². The first kappa shape index (κ1) is 15.0. The Bertz CT molecular complexity index is 561. The Morgan fingerprint density at radius 1 is 1.39 bits per heavy atom. The van der Waals surface area contributed by atoms with E-state index in [0.29, 0.717) is 22.8 Å². The van der Waals surface area contributed by atoms with Gasteiger partial charge in [0.05, 0.1) is 10.6 Å². The van der Waals surface area contributed by atoms with Crippen LogP contribution < -0.4 is 10.6 Å². The quantitative estimate of drug-likeness (QED) is 0.836. The molecule has 1 rings (SSSR count). The molecule has 2 N–H and O–H groups in total. The third-order valence-corrected chi connectivity index (χ3v) is 5.29. The number of Topliss-reactive ketones (excluding diaryl/α,β-unsaturated/α-hetero) is 1. The summed E-state index contributed by atoms with van der Waals surface area (Å²) in [6.07, 6.45) is 1.42. The molecular formula is C11H18N2O3S2.